The van der Waals surface area contributed by atoms with E-state index in [4.69, 9.17) is 11.6 Å². The van der Waals surface area contributed by atoms with Crippen molar-refractivity contribution in [2.24, 2.45) is 4.36 Å². The molecule has 1 aromatic carbocycles. The number of halogens is 2. The van der Waals surface area contributed by atoms with Gasteiger partial charge in [-0.25, -0.2) is 4.21 Å². The first kappa shape index (κ1) is 10.5. The third-order valence-corrected chi connectivity index (χ3v) is 5.39. The van der Waals surface area contributed by atoms with Crippen LogP contribution in [0.5, 0.6) is 0 Å². The summed E-state index contributed by atoms with van der Waals surface area (Å²) in [7, 11) is -1.94. The predicted molar refractivity (Wildman–Crippen MR) is 63.7 cm³/mol. The lowest BCUT2D eigenvalue weighted by Crippen LogP contribution is -2.22. The Morgan fingerprint density at radius 1 is 1.43 bits per heavy atom. The minimum absolute atomic E-state index is 0.620. The fraction of sp³-hybridized carbons (Fsp3) is 0.333. The molecule has 0 amide bonds. The first-order valence-electron chi connectivity index (χ1n) is 4.27. The Kier molecular flexibility index (Phi) is 2.86. The molecule has 2 rings (SSSR count). The molecule has 5 heteroatoms. The molecule has 1 aliphatic rings. The first-order valence-corrected chi connectivity index (χ1v) is 7.29. The highest BCUT2D eigenvalue weighted by Crippen LogP contribution is 2.31. The second-order valence-corrected chi connectivity index (χ2v) is 7.06. The Balaban J connectivity index is 2.47. The van der Waals surface area contributed by atoms with Crippen molar-refractivity contribution in [3.63, 3.8) is 0 Å². The van der Waals surface area contributed by atoms with Crippen LogP contribution in [0.2, 0.25) is 5.02 Å². The summed E-state index contributed by atoms with van der Waals surface area (Å²) in [6.07, 6.45) is 1.01. The molecule has 14 heavy (non-hydrogen) atoms. The minimum Gasteiger partial charge on any atom is -0.249 e. The molecule has 1 heterocycles. The molecule has 0 bridgehead atoms. The van der Waals surface area contributed by atoms with Gasteiger partial charge >= 0.3 is 0 Å². The van der Waals surface area contributed by atoms with E-state index in [1.54, 1.807) is 12.1 Å². The summed E-state index contributed by atoms with van der Waals surface area (Å²) in [4.78, 5) is 0. The summed E-state index contributed by atoms with van der Waals surface area (Å²) in [6, 6.07) is 5.33. The molecule has 0 aromatic heterocycles. The topological polar surface area (TPSA) is 29.4 Å². The Morgan fingerprint density at radius 2 is 2.14 bits per heavy atom. The van der Waals surface area contributed by atoms with Crippen LogP contribution >= 0.6 is 27.5 Å². The summed E-state index contributed by atoms with van der Waals surface area (Å²) in [5, 5.41) is 0.620. The lowest BCUT2D eigenvalue weighted by molar-refractivity contribution is 0.663. The molecule has 0 saturated carbocycles. The van der Waals surface area contributed by atoms with Gasteiger partial charge in [0, 0.05) is 21.0 Å². The average molecular weight is 295 g/mol. The van der Waals surface area contributed by atoms with Gasteiger partial charge in [-0.3, -0.25) is 0 Å². The van der Waals surface area contributed by atoms with Crippen LogP contribution in [0.25, 0.3) is 0 Å². The number of benzene rings is 1. The summed E-state index contributed by atoms with van der Waals surface area (Å²) in [6.45, 7) is 0. The van der Waals surface area contributed by atoms with Crippen LogP contribution in [0.15, 0.2) is 27.0 Å². The highest BCUT2D eigenvalue weighted by Gasteiger charge is 2.19. The normalized spacial score (nSPS) is 18.7. The fourth-order valence-corrected chi connectivity index (χ4v) is 3.31. The third kappa shape index (κ3) is 2.12. The Labute approximate surface area is 97.0 Å². The van der Waals surface area contributed by atoms with E-state index in [0.717, 1.165) is 10.9 Å². The SMILES string of the molecule is O=S1(=Nc2cc(Cl)ccc2Br)CCC1. The van der Waals surface area contributed by atoms with Crippen molar-refractivity contribution in [3.05, 3.63) is 27.7 Å². The van der Waals surface area contributed by atoms with Crippen molar-refractivity contribution in [3.8, 4) is 0 Å². The van der Waals surface area contributed by atoms with Crippen LogP contribution in [-0.2, 0) is 9.73 Å². The smallest absolute Gasteiger partial charge is 0.0886 e. The number of hydrogen-bond acceptors (Lipinski definition) is 2. The summed E-state index contributed by atoms with van der Waals surface area (Å²) < 4.78 is 16.9. The zero-order chi connectivity index (χ0) is 10.2. The average Bonchev–Trinajstić information content (AvgIpc) is 2.09. The van der Waals surface area contributed by atoms with Crippen LogP contribution in [0.4, 0.5) is 5.69 Å². The van der Waals surface area contributed by atoms with E-state index in [1.807, 2.05) is 6.07 Å². The molecule has 0 spiro atoms. The van der Waals surface area contributed by atoms with Crippen LogP contribution < -0.4 is 0 Å². The van der Waals surface area contributed by atoms with E-state index in [2.05, 4.69) is 20.3 Å². The Morgan fingerprint density at radius 3 is 2.71 bits per heavy atom. The molecule has 0 radical (unpaired) electrons. The minimum atomic E-state index is -1.94. The Bertz CT molecular complexity index is 470. The largest absolute Gasteiger partial charge is 0.249 e. The molecule has 0 aliphatic carbocycles. The summed E-state index contributed by atoms with van der Waals surface area (Å²) in [5.41, 5.74) is 0.696. The van der Waals surface area contributed by atoms with Crippen molar-refractivity contribution in [1.82, 2.24) is 0 Å². The van der Waals surface area contributed by atoms with Crippen LogP contribution in [0.3, 0.4) is 0 Å². The summed E-state index contributed by atoms with van der Waals surface area (Å²) in [5.74, 6) is 1.43. The van der Waals surface area contributed by atoms with Gasteiger partial charge in [-0.15, -0.1) is 0 Å². The van der Waals surface area contributed by atoms with E-state index in [0.29, 0.717) is 22.2 Å². The maximum Gasteiger partial charge on any atom is 0.0886 e. The Hall–Kier alpha value is -0.0600. The highest BCUT2D eigenvalue weighted by atomic mass is 79.9. The van der Waals surface area contributed by atoms with Gasteiger partial charge in [0.15, 0.2) is 0 Å². The maximum atomic E-state index is 11.8. The van der Waals surface area contributed by atoms with Crippen molar-refractivity contribution >= 4 is 42.9 Å². The second-order valence-electron chi connectivity index (χ2n) is 3.22. The zero-order valence-corrected chi connectivity index (χ0v) is 10.5. The van der Waals surface area contributed by atoms with Gasteiger partial charge in [-0.1, -0.05) is 11.6 Å². The molecule has 1 aromatic rings. The van der Waals surface area contributed by atoms with E-state index < -0.39 is 9.73 Å². The molecule has 1 aliphatic heterocycles. The highest BCUT2D eigenvalue weighted by molar-refractivity contribution is 9.10. The van der Waals surface area contributed by atoms with Crippen molar-refractivity contribution in [2.75, 3.05) is 11.5 Å². The van der Waals surface area contributed by atoms with Gasteiger partial charge in [0.2, 0.25) is 0 Å². The molecule has 1 fully saturated rings. The lowest BCUT2D eigenvalue weighted by Gasteiger charge is -2.18. The van der Waals surface area contributed by atoms with Gasteiger partial charge in [0.25, 0.3) is 0 Å². The van der Waals surface area contributed by atoms with E-state index in [1.165, 1.54) is 0 Å². The molecule has 76 valence electrons. The van der Waals surface area contributed by atoms with Crippen molar-refractivity contribution in [1.29, 1.82) is 0 Å². The van der Waals surface area contributed by atoms with Crippen molar-refractivity contribution in [2.45, 2.75) is 6.42 Å². The molecule has 0 N–H and O–H groups in total. The molecular formula is C9H9BrClNOS. The predicted octanol–water partition coefficient (Wildman–Crippen LogP) is 3.61. The maximum absolute atomic E-state index is 11.8. The molecular weight excluding hydrogens is 286 g/mol. The summed E-state index contributed by atoms with van der Waals surface area (Å²) >= 11 is 9.19. The molecule has 0 atom stereocenters. The van der Waals surface area contributed by atoms with E-state index in [-0.39, 0.29) is 0 Å². The number of hydrogen-bond donors (Lipinski definition) is 0. The molecule has 0 unspecified atom stereocenters. The third-order valence-electron chi connectivity index (χ3n) is 2.10. The van der Waals surface area contributed by atoms with E-state index in [9.17, 15) is 4.21 Å². The second kappa shape index (κ2) is 3.83. The first-order chi connectivity index (χ1) is 6.59. The van der Waals surface area contributed by atoms with E-state index >= 15 is 0 Å². The van der Waals surface area contributed by atoms with Gasteiger partial charge in [0.1, 0.15) is 0 Å². The van der Waals surface area contributed by atoms with Gasteiger partial charge in [-0.05, 0) is 40.5 Å². The van der Waals surface area contributed by atoms with Gasteiger partial charge < -0.3 is 0 Å². The zero-order valence-electron chi connectivity index (χ0n) is 7.37. The monoisotopic (exact) mass is 293 g/mol. The van der Waals surface area contributed by atoms with Crippen LogP contribution in [0, 0.1) is 0 Å². The van der Waals surface area contributed by atoms with Gasteiger partial charge in [-0.2, -0.15) is 4.36 Å². The number of nitrogens with zero attached hydrogens (tertiary/aromatic N) is 1. The quantitative estimate of drug-likeness (QED) is 0.778. The fourth-order valence-electron chi connectivity index (χ4n) is 1.22. The van der Waals surface area contributed by atoms with Crippen molar-refractivity contribution < 1.29 is 4.21 Å². The molecule has 2 nitrogen and oxygen atoms in total. The standard InChI is InChI=1S/C9H9BrClNOS/c10-8-3-2-7(11)6-9(8)12-14(13)4-1-5-14/h2-3,6H,1,4-5H2. The van der Waals surface area contributed by atoms with Crippen LogP contribution in [-0.4, -0.2) is 15.7 Å². The van der Waals surface area contributed by atoms with Gasteiger partial charge in [0.05, 0.1) is 15.4 Å². The molecule has 1 saturated heterocycles. The number of rotatable bonds is 1. The lowest BCUT2D eigenvalue weighted by atomic mass is 10.3. The van der Waals surface area contributed by atoms with Crippen LogP contribution in [0.1, 0.15) is 6.42 Å².